The predicted molar refractivity (Wildman–Crippen MR) is 117 cm³/mol. The van der Waals surface area contributed by atoms with E-state index in [4.69, 9.17) is 9.47 Å². The highest BCUT2D eigenvalue weighted by Crippen LogP contribution is 2.33. The van der Waals surface area contributed by atoms with Crippen LogP contribution in [0, 0.1) is 6.92 Å². The van der Waals surface area contributed by atoms with Crippen molar-refractivity contribution >= 4 is 22.6 Å². The smallest absolute Gasteiger partial charge is 0.216 e. The van der Waals surface area contributed by atoms with Gasteiger partial charge in [0.1, 0.15) is 12.4 Å². The highest BCUT2D eigenvalue weighted by atomic mass is 16.5. The maximum absolute atomic E-state index is 11.4. The quantitative estimate of drug-likeness (QED) is 0.575. The fourth-order valence-corrected chi connectivity index (χ4v) is 3.30. The molecule has 1 amide bonds. The highest BCUT2D eigenvalue weighted by molar-refractivity contribution is 5.87. The first-order valence-corrected chi connectivity index (χ1v) is 9.81. The molecule has 1 heterocycles. The van der Waals surface area contributed by atoms with Gasteiger partial charge in [0.15, 0.2) is 11.5 Å². The SMILES string of the molecule is COc1cc2ncc(-c3ccc(CC(C)=O)c(C)c3)cc2cc1OCCNC(C)=O. The number of hydrogen-bond acceptors (Lipinski definition) is 5. The molecule has 2 aromatic carbocycles. The Morgan fingerprint density at radius 1 is 1.03 bits per heavy atom. The average Bonchev–Trinajstić information content (AvgIpc) is 2.71. The fraction of sp³-hybridized carbons (Fsp3) is 0.292. The van der Waals surface area contributed by atoms with Crippen LogP contribution in [0.1, 0.15) is 25.0 Å². The lowest BCUT2D eigenvalue weighted by molar-refractivity contribution is -0.119. The van der Waals surface area contributed by atoms with Crippen molar-refractivity contribution < 1.29 is 19.1 Å². The van der Waals surface area contributed by atoms with E-state index >= 15 is 0 Å². The Bertz CT molecular complexity index is 1090. The number of carbonyl (C=O) groups is 2. The molecule has 0 fully saturated rings. The summed E-state index contributed by atoms with van der Waals surface area (Å²) in [6.45, 7) is 5.84. The van der Waals surface area contributed by atoms with Crippen molar-refractivity contribution in [3.05, 3.63) is 53.7 Å². The molecule has 30 heavy (non-hydrogen) atoms. The Labute approximate surface area is 176 Å². The number of pyridine rings is 1. The standard InChI is InChI=1S/C24H26N2O4/c1-15-9-19(6-5-18(15)10-16(2)27)21-11-20-12-24(30-8-7-25-17(3)28)23(29-4)13-22(20)26-14-21/h5-6,9,11-14H,7-8,10H2,1-4H3,(H,25,28). The number of amides is 1. The Hall–Kier alpha value is -3.41. The lowest BCUT2D eigenvalue weighted by Gasteiger charge is -2.13. The van der Waals surface area contributed by atoms with E-state index in [-0.39, 0.29) is 11.7 Å². The second-order valence-electron chi connectivity index (χ2n) is 7.27. The van der Waals surface area contributed by atoms with Crippen molar-refractivity contribution in [2.75, 3.05) is 20.3 Å². The number of Topliss-reactive ketones (excluding diaryl/α,β-unsaturated/α-hetero) is 1. The molecule has 3 rings (SSSR count). The second kappa shape index (κ2) is 9.39. The number of carbonyl (C=O) groups excluding carboxylic acids is 2. The van der Waals surface area contributed by atoms with Crippen molar-refractivity contribution in [2.24, 2.45) is 0 Å². The van der Waals surface area contributed by atoms with E-state index in [1.165, 1.54) is 6.92 Å². The minimum absolute atomic E-state index is 0.0949. The van der Waals surface area contributed by atoms with Crippen LogP contribution in [0.15, 0.2) is 42.6 Å². The molecule has 0 atom stereocenters. The van der Waals surface area contributed by atoms with E-state index < -0.39 is 0 Å². The maximum atomic E-state index is 11.4. The Morgan fingerprint density at radius 3 is 2.50 bits per heavy atom. The van der Waals surface area contributed by atoms with Crippen molar-refractivity contribution in [3.8, 4) is 22.6 Å². The minimum atomic E-state index is -0.0949. The van der Waals surface area contributed by atoms with E-state index in [2.05, 4.69) is 22.4 Å². The van der Waals surface area contributed by atoms with Gasteiger partial charge in [-0.1, -0.05) is 18.2 Å². The molecule has 0 saturated heterocycles. The molecule has 0 aliphatic heterocycles. The van der Waals surface area contributed by atoms with Gasteiger partial charge in [0, 0.05) is 36.6 Å². The number of nitrogens with zero attached hydrogens (tertiary/aromatic N) is 1. The molecule has 1 N–H and O–H groups in total. The van der Waals surface area contributed by atoms with Gasteiger partial charge in [-0.2, -0.15) is 0 Å². The lowest BCUT2D eigenvalue weighted by atomic mass is 9.97. The van der Waals surface area contributed by atoms with E-state index in [9.17, 15) is 9.59 Å². The largest absolute Gasteiger partial charge is 0.493 e. The third-order valence-corrected chi connectivity index (χ3v) is 4.82. The first kappa shape index (κ1) is 21.3. The summed E-state index contributed by atoms with van der Waals surface area (Å²) in [5, 5.41) is 3.63. The summed E-state index contributed by atoms with van der Waals surface area (Å²) in [4.78, 5) is 27.0. The van der Waals surface area contributed by atoms with Gasteiger partial charge in [0.25, 0.3) is 0 Å². The molecule has 6 nitrogen and oxygen atoms in total. The Morgan fingerprint density at radius 2 is 1.83 bits per heavy atom. The number of hydrogen-bond donors (Lipinski definition) is 1. The topological polar surface area (TPSA) is 77.5 Å². The molecular formula is C24H26N2O4. The van der Waals surface area contributed by atoms with Crippen molar-refractivity contribution in [1.29, 1.82) is 0 Å². The van der Waals surface area contributed by atoms with E-state index in [0.29, 0.717) is 31.1 Å². The summed E-state index contributed by atoms with van der Waals surface area (Å²) in [5.41, 5.74) is 4.95. The van der Waals surface area contributed by atoms with Gasteiger partial charge in [-0.3, -0.25) is 14.6 Å². The summed E-state index contributed by atoms with van der Waals surface area (Å²) in [6.07, 6.45) is 2.28. The monoisotopic (exact) mass is 406 g/mol. The summed E-state index contributed by atoms with van der Waals surface area (Å²) in [6, 6.07) is 11.9. The number of ether oxygens (including phenoxy) is 2. The molecule has 0 spiro atoms. The van der Waals surface area contributed by atoms with Gasteiger partial charge in [0.2, 0.25) is 5.91 Å². The summed E-state index contributed by atoms with van der Waals surface area (Å²) in [5.74, 6) is 1.25. The Kier molecular flexibility index (Phi) is 6.67. The van der Waals surface area contributed by atoms with E-state index in [1.807, 2.05) is 37.4 Å². The first-order chi connectivity index (χ1) is 14.4. The van der Waals surface area contributed by atoms with E-state index in [0.717, 1.165) is 33.2 Å². The summed E-state index contributed by atoms with van der Waals surface area (Å²) in [7, 11) is 1.58. The molecule has 0 radical (unpaired) electrons. The van der Waals surface area contributed by atoms with Crippen LogP contribution < -0.4 is 14.8 Å². The van der Waals surface area contributed by atoms with Gasteiger partial charge < -0.3 is 14.8 Å². The van der Waals surface area contributed by atoms with Gasteiger partial charge in [-0.05, 0) is 42.7 Å². The van der Waals surface area contributed by atoms with Crippen LogP contribution in [-0.4, -0.2) is 36.9 Å². The molecule has 0 aliphatic rings. The number of aromatic nitrogens is 1. The van der Waals surface area contributed by atoms with Crippen LogP contribution in [0.5, 0.6) is 11.5 Å². The molecule has 0 saturated carbocycles. The van der Waals surface area contributed by atoms with Gasteiger partial charge in [-0.25, -0.2) is 0 Å². The molecule has 156 valence electrons. The van der Waals surface area contributed by atoms with Gasteiger partial charge >= 0.3 is 0 Å². The van der Waals surface area contributed by atoms with Crippen LogP contribution in [0.3, 0.4) is 0 Å². The molecule has 3 aromatic rings. The summed E-state index contributed by atoms with van der Waals surface area (Å²) >= 11 is 0. The van der Waals surface area contributed by atoms with Crippen LogP contribution >= 0.6 is 0 Å². The molecular weight excluding hydrogens is 380 g/mol. The fourth-order valence-electron chi connectivity index (χ4n) is 3.30. The van der Waals surface area contributed by atoms with Crippen LogP contribution in [0.2, 0.25) is 0 Å². The second-order valence-corrected chi connectivity index (χ2v) is 7.27. The van der Waals surface area contributed by atoms with Crippen molar-refractivity contribution in [2.45, 2.75) is 27.2 Å². The van der Waals surface area contributed by atoms with E-state index in [1.54, 1.807) is 14.0 Å². The number of fused-ring (bicyclic) bond motifs is 1. The molecule has 0 bridgehead atoms. The zero-order valence-electron chi connectivity index (χ0n) is 17.7. The van der Waals surface area contributed by atoms with Gasteiger partial charge in [0.05, 0.1) is 19.2 Å². The first-order valence-electron chi connectivity index (χ1n) is 9.81. The Balaban J connectivity index is 1.90. The number of benzene rings is 2. The number of ketones is 1. The van der Waals surface area contributed by atoms with Crippen molar-refractivity contribution in [1.82, 2.24) is 10.3 Å². The van der Waals surface area contributed by atoms with Crippen molar-refractivity contribution in [3.63, 3.8) is 0 Å². The third-order valence-electron chi connectivity index (χ3n) is 4.82. The zero-order valence-corrected chi connectivity index (χ0v) is 17.7. The number of nitrogens with one attached hydrogen (secondary N) is 1. The number of methoxy groups -OCH3 is 1. The average molecular weight is 406 g/mol. The van der Waals surface area contributed by atoms with Crippen LogP contribution in [0.4, 0.5) is 0 Å². The number of rotatable bonds is 8. The molecule has 0 unspecified atom stereocenters. The maximum Gasteiger partial charge on any atom is 0.216 e. The number of aryl methyl sites for hydroxylation is 1. The molecule has 6 heteroatoms. The summed E-state index contributed by atoms with van der Waals surface area (Å²) < 4.78 is 11.2. The van der Waals surface area contributed by atoms with Gasteiger partial charge in [-0.15, -0.1) is 0 Å². The predicted octanol–water partition coefficient (Wildman–Crippen LogP) is 3.87. The van der Waals surface area contributed by atoms with Crippen LogP contribution in [-0.2, 0) is 16.0 Å². The third kappa shape index (κ3) is 5.14. The normalized spacial score (nSPS) is 10.7. The zero-order chi connectivity index (χ0) is 21.7. The lowest BCUT2D eigenvalue weighted by Crippen LogP contribution is -2.25. The molecule has 0 aliphatic carbocycles. The minimum Gasteiger partial charge on any atom is -0.493 e. The van der Waals surface area contributed by atoms with Crippen LogP contribution in [0.25, 0.3) is 22.0 Å². The molecule has 1 aromatic heterocycles. The highest BCUT2D eigenvalue weighted by Gasteiger charge is 2.10.